The van der Waals surface area contributed by atoms with Gasteiger partial charge >= 0.3 is 0 Å². The SMILES string of the molecule is O=C(CN1C(=O)c2ccccc2S1(=O)=O)NN1C(=O)/C(=C/c2cccc([N+](=O)[O-])c2)SC1=S. The van der Waals surface area contributed by atoms with E-state index in [0.29, 0.717) is 9.87 Å². The Labute approximate surface area is 196 Å². The van der Waals surface area contributed by atoms with E-state index in [4.69, 9.17) is 12.2 Å². The molecule has 0 aliphatic carbocycles. The molecule has 1 N–H and O–H groups in total. The van der Waals surface area contributed by atoms with Gasteiger partial charge in [-0.15, -0.1) is 0 Å². The van der Waals surface area contributed by atoms with Crippen LogP contribution in [0.4, 0.5) is 5.69 Å². The number of nitro groups is 1. The first kappa shape index (κ1) is 22.6. The summed E-state index contributed by atoms with van der Waals surface area (Å²) in [5, 5.41) is 11.7. The number of benzene rings is 2. The smallest absolute Gasteiger partial charge is 0.271 e. The molecular weight excluding hydrogens is 492 g/mol. The lowest BCUT2D eigenvalue weighted by Crippen LogP contribution is -2.49. The first-order chi connectivity index (χ1) is 15.6. The predicted molar refractivity (Wildman–Crippen MR) is 121 cm³/mol. The highest BCUT2D eigenvalue weighted by Crippen LogP contribution is 2.32. The second-order valence-electron chi connectivity index (χ2n) is 6.72. The number of nitrogens with one attached hydrogen (secondary N) is 1. The topological polar surface area (TPSA) is 147 Å². The molecule has 2 aliphatic heterocycles. The summed E-state index contributed by atoms with van der Waals surface area (Å²) in [6, 6.07) is 11.2. The Hall–Kier alpha value is -3.62. The van der Waals surface area contributed by atoms with Crippen LogP contribution in [0.15, 0.2) is 58.3 Å². The van der Waals surface area contributed by atoms with Gasteiger partial charge in [-0.1, -0.05) is 36.0 Å². The number of rotatable bonds is 5. The van der Waals surface area contributed by atoms with E-state index in [0.717, 1.165) is 16.8 Å². The minimum Gasteiger partial charge on any atom is -0.271 e. The number of sulfonamides is 1. The maximum absolute atomic E-state index is 12.7. The molecule has 0 radical (unpaired) electrons. The van der Waals surface area contributed by atoms with Crippen molar-refractivity contribution in [3.8, 4) is 0 Å². The monoisotopic (exact) mass is 504 g/mol. The fourth-order valence-electron chi connectivity index (χ4n) is 3.12. The Morgan fingerprint density at radius 2 is 1.88 bits per heavy atom. The standard InChI is InChI=1S/C19H12N4O7S3/c24-16(10-21-17(25)13-6-1-2-7-15(13)33(21,29)30)20-22-18(26)14(32-19(22)31)9-11-4-3-5-12(8-11)23(27)28/h1-9H,10H2,(H,20,24)/b14-9-. The van der Waals surface area contributed by atoms with E-state index >= 15 is 0 Å². The van der Waals surface area contributed by atoms with Gasteiger partial charge in [0.25, 0.3) is 33.4 Å². The van der Waals surface area contributed by atoms with Crippen LogP contribution in [0, 0.1) is 10.1 Å². The third-order valence-corrected chi connectivity index (χ3v) is 7.70. The number of thiocarbonyl (C=S) groups is 1. The fraction of sp³-hybridized carbons (Fsp3) is 0.0526. The van der Waals surface area contributed by atoms with Gasteiger partial charge in [-0.25, -0.2) is 12.7 Å². The molecule has 2 aromatic carbocycles. The summed E-state index contributed by atoms with van der Waals surface area (Å²) < 4.78 is 25.6. The highest BCUT2D eigenvalue weighted by Gasteiger charge is 2.42. The number of amides is 3. The molecule has 33 heavy (non-hydrogen) atoms. The summed E-state index contributed by atoms with van der Waals surface area (Å²) in [6.07, 6.45) is 1.38. The number of nitrogens with zero attached hydrogens (tertiary/aromatic N) is 3. The van der Waals surface area contributed by atoms with E-state index in [-0.39, 0.29) is 25.4 Å². The molecule has 0 aromatic heterocycles. The minimum atomic E-state index is -4.20. The molecule has 168 valence electrons. The quantitative estimate of drug-likeness (QED) is 0.278. The Kier molecular flexibility index (Phi) is 5.73. The molecule has 2 aliphatic rings. The van der Waals surface area contributed by atoms with Crippen LogP contribution in [-0.4, -0.2) is 51.2 Å². The van der Waals surface area contributed by atoms with E-state index in [2.05, 4.69) is 5.43 Å². The van der Waals surface area contributed by atoms with Crippen molar-refractivity contribution < 1.29 is 27.7 Å². The zero-order valence-electron chi connectivity index (χ0n) is 16.3. The van der Waals surface area contributed by atoms with Crippen LogP contribution in [0.25, 0.3) is 6.08 Å². The largest absolute Gasteiger partial charge is 0.285 e. The molecule has 11 nitrogen and oxygen atoms in total. The van der Waals surface area contributed by atoms with Crippen LogP contribution in [0.1, 0.15) is 15.9 Å². The van der Waals surface area contributed by atoms with Crippen molar-refractivity contribution in [1.82, 2.24) is 14.7 Å². The number of nitro benzene ring substituents is 1. The van der Waals surface area contributed by atoms with E-state index in [9.17, 15) is 32.9 Å². The van der Waals surface area contributed by atoms with Crippen molar-refractivity contribution in [1.29, 1.82) is 0 Å². The van der Waals surface area contributed by atoms with Gasteiger partial charge in [-0.2, -0.15) is 5.01 Å². The Morgan fingerprint density at radius 3 is 2.58 bits per heavy atom. The van der Waals surface area contributed by atoms with Crippen LogP contribution in [-0.2, 0) is 19.6 Å². The molecule has 2 heterocycles. The van der Waals surface area contributed by atoms with Crippen LogP contribution in [0.2, 0.25) is 0 Å². The van der Waals surface area contributed by atoms with Crippen LogP contribution >= 0.6 is 24.0 Å². The van der Waals surface area contributed by atoms with Gasteiger partial charge in [0, 0.05) is 12.1 Å². The summed E-state index contributed by atoms with van der Waals surface area (Å²) in [7, 11) is -4.20. The molecule has 4 rings (SSSR count). The molecule has 0 saturated carbocycles. The first-order valence-electron chi connectivity index (χ1n) is 9.07. The van der Waals surface area contributed by atoms with Crippen LogP contribution in [0.3, 0.4) is 0 Å². The maximum atomic E-state index is 12.7. The van der Waals surface area contributed by atoms with Crippen molar-refractivity contribution in [3.63, 3.8) is 0 Å². The molecule has 1 fully saturated rings. The number of thioether (sulfide) groups is 1. The van der Waals surface area contributed by atoms with Crippen molar-refractivity contribution in [2.45, 2.75) is 4.90 Å². The van der Waals surface area contributed by atoms with Gasteiger partial charge in [-0.3, -0.25) is 29.9 Å². The van der Waals surface area contributed by atoms with Crippen molar-refractivity contribution in [3.05, 3.63) is 74.7 Å². The third-order valence-electron chi connectivity index (χ3n) is 4.61. The molecule has 0 spiro atoms. The van der Waals surface area contributed by atoms with E-state index in [1.165, 1.54) is 48.5 Å². The molecule has 0 unspecified atom stereocenters. The molecule has 0 atom stereocenters. The van der Waals surface area contributed by atoms with E-state index in [1.807, 2.05) is 0 Å². The Bertz CT molecular complexity index is 1390. The third kappa shape index (κ3) is 4.10. The van der Waals surface area contributed by atoms with Crippen molar-refractivity contribution in [2.24, 2.45) is 0 Å². The van der Waals surface area contributed by atoms with Crippen molar-refractivity contribution >= 4 is 67.8 Å². The number of hydrazine groups is 1. The lowest BCUT2D eigenvalue weighted by Gasteiger charge is -2.19. The average Bonchev–Trinajstić information content (AvgIpc) is 3.14. The fourth-order valence-corrected chi connectivity index (χ4v) is 5.83. The average molecular weight is 505 g/mol. The number of hydrogen-bond donors (Lipinski definition) is 1. The maximum Gasteiger partial charge on any atom is 0.285 e. The minimum absolute atomic E-state index is 0.0380. The second-order valence-corrected chi connectivity index (χ2v) is 10.2. The summed E-state index contributed by atoms with van der Waals surface area (Å²) in [4.78, 5) is 47.9. The van der Waals surface area contributed by atoms with Gasteiger partial charge in [-0.05, 0) is 36.0 Å². The molecule has 2 aromatic rings. The van der Waals surface area contributed by atoms with Gasteiger partial charge in [0.15, 0.2) is 4.32 Å². The van der Waals surface area contributed by atoms with E-state index < -0.39 is 39.2 Å². The zero-order chi connectivity index (χ0) is 23.9. The molecule has 0 bridgehead atoms. The molecule has 14 heteroatoms. The van der Waals surface area contributed by atoms with Crippen LogP contribution in [0.5, 0.6) is 0 Å². The Balaban J connectivity index is 1.49. The number of carbonyl (C=O) groups excluding carboxylic acids is 3. The van der Waals surface area contributed by atoms with Gasteiger partial charge in [0.2, 0.25) is 0 Å². The van der Waals surface area contributed by atoms with Gasteiger partial charge < -0.3 is 0 Å². The number of hydrogen-bond acceptors (Lipinski definition) is 9. The predicted octanol–water partition coefficient (Wildman–Crippen LogP) is 1.67. The molecule has 3 amide bonds. The highest BCUT2D eigenvalue weighted by molar-refractivity contribution is 8.26. The summed E-state index contributed by atoms with van der Waals surface area (Å²) in [5.41, 5.74) is 2.38. The van der Waals surface area contributed by atoms with Gasteiger partial charge in [0.05, 0.1) is 15.4 Å². The second kappa shape index (κ2) is 8.38. The summed E-state index contributed by atoms with van der Waals surface area (Å²) in [6.45, 7) is -0.850. The van der Waals surface area contributed by atoms with Crippen LogP contribution < -0.4 is 5.43 Å². The zero-order valence-corrected chi connectivity index (χ0v) is 18.8. The number of non-ortho nitro benzene ring substituents is 1. The first-order valence-corrected chi connectivity index (χ1v) is 11.7. The molecule has 1 saturated heterocycles. The summed E-state index contributed by atoms with van der Waals surface area (Å²) >= 11 is 5.96. The van der Waals surface area contributed by atoms with E-state index in [1.54, 1.807) is 6.07 Å². The van der Waals surface area contributed by atoms with Crippen molar-refractivity contribution in [2.75, 3.05) is 6.54 Å². The lowest BCUT2D eigenvalue weighted by atomic mass is 10.2. The summed E-state index contributed by atoms with van der Waals surface area (Å²) in [5.74, 6) is -2.51. The van der Waals surface area contributed by atoms with Gasteiger partial charge in [0.1, 0.15) is 11.4 Å². The number of fused-ring (bicyclic) bond motifs is 1. The Morgan fingerprint density at radius 1 is 1.15 bits per heavy atom. The highest BCUT2D eigenvalue weighted by atomic mass is 32.2. The normalized spacial score (nSPS) is 18.1. The lowest BCUT2D eigenvalue weighted by molar-refractivity contribution is -0.384. The number of carbonyl (C=O) groups is 3. The molecular formula is C19H12N4O7S3.